The van der Waals surface area contributed by atoms with E-state index >= 15 is 0 Å². The van der Waals surface area contributed by atoms with Gasteiger partial charge < -0.3 is 4.74 Å². The van der Waals surface area contributed by atoms with Gasteiger partial charge in [0.15, 0.2) is 0 Å². The molecule has 0 saturated carbocycles. The number of hydrogen-bond acceptors (Lipinski definition) is 4. The van der Waals surface area contributed by atoms with Gasteiger partial charge in [0.05, 0.1) is 0 Å². The summed E-state index contributed by atoms with van der Waals surface area (Å²) in [6.45, 7) is 7.28. The summed E-state index contributed by atoms with van der Waals surface area (Å²) in [5.74, 6) is 0.498. The van der Waals surface area contributed by atoms with Gasteiger partial charge >= 0.3 is 5.97 Å². The Morgan fingerprint density at radius 2 is 1.65 bits per heavy atom. The van der Waals surface area contributed by atoms with Gasteiger partial charge in [-0.2, -0.15) is 0 Å². The zero-order chi connectivity index (χ0) is 18.0. The second-order valence-corrected chi connectivity index (χ2v) is 8.42. The summed E-state index contributed by atoms with van der Waals surface area (Å²) in [7, 11) is 0. The van der Waals surface area contributed by atoms with E-state index in [1.807, 2.05) is 18.2 Å². The van der Waals surface area contributed by atoms with Crippen molar-refractivity contribution >= 4 is 5.97 Å². The number of fused-ring (bicyclic) bond motifs is 3. The zero-order valence-electron chi connectivity index (χ0n) is 16.0. The van der Waals surface area contributed by atoms with Crippen LogP contribution in [0.25, 0.3) is 0 Å². The molecule has 4 fully saturated rings. The van der Waals surface area contributed by atoms with Crippen molar-refractivity contribution in [2.24, 2.45) is 5.92 Å². The topological polar surface area (TPSA) is 32.8 Å². The van der Waals surface area contributed by atoms with Gasteiger partial charge in [-0.15, -0.1) is 0 Å². The molecule has 4 aliphatic rings. The zero-order valence-corrected chi connectivity index (χ0v) is 16.0. The lowest BCUT2D eigenvalue weighted by molar-refractivity contribution is -0.173. The summed E-state index contributed by atoms with van der Waals surface area (Å²) < 4.78 is 6.22. The fourth-order valence-electron chi connectivity index (χ4n) is 5.01. The standard InChI is InChI=1S/C22H32N2O2/c1-22(19-9-5-4-6-10-19,24-13-7-2-3-8-14-24)21(25)26-20-17-23-15-11-18(20)12-16-23/h4-6,9-10,18,20H,2-3,7-8,11-17H2,1H3/t20-,22?/m0/s1. The molecule has 4 heteroatoms. The van der Waals surface area contributed by atoms with Crippen LogP contribution in [0.4, 0.5) is 0 Å². The molecule has 0 spiro atoms. The number of benzene rings is 1. The molecule has 2 atom stereocenters. The second-order valence-electron chi connectivity index (χ2n) is 8.42. The number of ether oxygens (including phenoxy) is 1. The first-order chi connectivity index (χ1) is 12.7. The third-order valence-corrected chi connectivity index (χ3v) is 6.83. The highest BCUT2D eigenvalue weighted by Crippen LogP contribution is 2.35. The summed E-state index contributed by atoms with van der Waals surface area (Å²) in [5.41, 5.74) is 0.380. The van der Waals surface area contributed by atoms with Gasteiger partial charge in [-0.3, -0.25) is 9.80 Å². The van der Waals surface area contributed by atoms with E-state index in [4.69, 9.17) is 4.74 Å². The highest BCUT2D eigenvalue weighted by Gasteiger charge is 2.45. The molecule has 0 amide bonds. The SMILES string of the molecule is CC(C(=O)O[C@H]1CN2CCC1CC2)(c1ccccc1)N1CCCCCC1. The maximum absolute atomic E-state index is 13.5. The Morgan fingerprint density at radius 1 is 1.00 bits per heavy atom. The smallest absolute Gasteiger partial charge is 0.331 e. The number of carbonyl (C=O) groups excluding carboxylic acids is 1. The number of nitrogens with zero attached hydrogens (tertiary/aromatic N) is 2. The third-order valence-electron chi connectivity index (χ3n) is 6.83. The molecule has 1 aromatic rings. The summed E-state index contributed by atoms with van der Waals surface area (Å²) in [5, 5.41) is 0. The Morgan fingerprint density at radius 3 is 2.23 bits per heavy atom. The molecule has 0 radical (unpaired) electrons. The first kappa shape index (κ1) is 18.0. The fraction of sp³-hybridized carbons (Fsp3) is 0.682. The Hall–Kier alpha value is -1.39. The highest BCUT2D eigenvalue weighted by atomic mass is 16.5. The van der Waals surface area contributed by atoms with Crippen molar-refractivity contribution in [3.05, 3.63) is 35.9 Å². The maximum atomic E-state index is 13.5. The van der Waals surface area contributed by atoms with Crippen LogP contribution < -0.4 is 0 Å². The summed E-state index contributed by atoms with van der Waals surface area (Å²) in [6, 6.07) is 10.3. The Labute approximate surface area is 157 Å². The average Bonchev–Trinajstić information content (AvgIpc) is 2.99. The van der Waals surface area contributed by atoms with E-state index in [0.29, 0.717) is 5.92 Å². The number of hydrogen-bond donors (Lipinski definition) is 0. The van der Waals surface area contributed by atoms with Gasteiger partial charge in [-0.05, 0) is 70.3 Å². The lowest BCUT2D eigenvalue weighted by Gasteiger charge is -2.46. The predicted octanol–water partition coefficient (Wildman–Crippen LogP) is 3.42. The van der Waals surface area contributed by atoms with Crippen LogP contribution in [0.3, 0.4) is 0 Å². The van der Waals surface area contributed by atoms with Crippen molar-refractivity contribution in [3.8, 4) is 0 Å². The van der Waals surface area contributed by atoms with Crippen LogP contribution >= 0.6 is 0 Å². The molecule has 0 N–H and O–H groups in total. The molecule has 1 aromatic carbocycles. The minimum Gasteiger partial charge on any atom is -0.459 e. The van der Waals surface area contributed by atoms with E-state index < -0.39 is 5.54 Å². The van der Waals surface area contributed by atoms with Crippen molar-refractivity contribution in [2.45, 2.75) is 57.1 Å². The van der Waals surface area contributed by atoms with E-state index in [2.05, 4.69) is 28.9 Å². The Bertz CT molecular complexity index is 604. The van der Waals surface area contributed by atoms with Gasteiger partial charge in [0.2, 0.25) is 0 Å². The van der Waals surface area contributed by atoms with Crippen molar-refractivity contribution in [3.63, 3.8) is 0 Å². The van der Waals surface area contributed by atoms with Crippen LogP contribution in [-0.4, -0.2) is 54.6 Å². The molecule has 2 bridgehead atoms. The largest absolute Gasteiger partial charge is 0.459 e. The van der Waals surface area contributed by atoms with Gasteiger partial charge in [-0.25, -0.2) is 4.79 Å². The van der Waals surface area contributed by atoms with Gasteiger partial charge in [-0.1, -0.05) is 43.2 Å². The number of esters is 1. The Balaban J connectivity index is 1.58. The van der Waals surface area contributed by atoms with Crippen LogP contribution in [0.15, 0.2) is 30.3 Å². The molecule has 4 heterocycles. The van der Waals surface area contributed by atoms with E-state index in [-0.39, 0.29) is 12.1 Å². The molecular weight excluding hydrogens is 324 g/mol. The second kappa shape index (κ2) is 7.69. The van der Waals surface area contributed by atoms with E-state index in [1.165, 1.54) is 38.8 Å². The van der Waals surface area contributed by atoms with Gasteiger partial charge in [0, 0.05) is 6.54 Å². The maximum Gasteiger partial charge on any atom is 0.331 e. The van der Waals surface area contributed by atoms with Crippen LogP contribution in [0.1, 0.15) is 51.0 Å². The molecule has 0 aromatic heterocycles. The quantitative estimate of drug-likeness (QED) is 0.774. The van der Waals surface area contributed by atoms with Crippen molar-refractivity contribution < 1.29 is 9.53 Å². The predicted molar refractivity (Wildman–Crippen MR) is 103 cm³/mol. The van der Waals surface area contributed by atoms with Crippen LogP contribution in [0, 0.1) is 5.92 Å². The van der Waals surface area contributed by atoms with Gasteiger partial charge in [0.1, 0.15) is 11.6 Å². The molecular formula is C22H32N2O2. The minimum atomic E-state index is -0.683. The lowest BCUT2D eigenvalue weighted by atomic mass is 9.85. The van der Waals surface area contributed by atoms with Crippen LogP contribution in [0.5, 0.6) is 0 Å². The molecule has 142 valence electrons. The van der Waals surface area contributed by atoms with Gasteiger partial charge in [0.25, 0.3) is 0 Å². The lowest BCUT2D eigenvalue weighted by Crippen LogP contribution is -2.56. The number of carbonyl (C=O) groups is 1. The molecule has 1 unspecified atom stereocenters. The van der Waals surface area contributed by atoms with Crippen molar-refractivity contribution in [1.29, 1.82) is 0 Å². The van der Waals surface area contributed by atoms with Crippen molar-refractivity contribution in [2.75, 3.05) is 32.7 Å². The molecule has 4 saturated heterocycles. The normalized spacial score (nSPS) is 31.8. The fourth-order valence-corrected chi connectivity index (χ4v) is 5.01. The van der Waals surface area contributed by atoms with Crippen LogP contribution in [-0.2, 0) is 15.1 Å². The molecule has 0 aliphatic carbocycles. The van der Waals surface area contributed by atoms with Crippen molar-refractivity contribution in [1.82, 2.24) is 9.80 Å². The van der Waals surface area contributed by atoms with Crippen LogP contribution in [0.2, 0.25) is 0 Å². The van der Waals surface area contributed by atoms with E-state index in [1.54, 1.807) is 0 Å². The molecule has 5 rings (SSSR count). The van der Waals surface area contributed by atoms with E-state index in [0.717, 1.165) is 38.0 Å². The number of piperidine rings is 3. The first-order valence-electron chi connectivity index (χ1n) is 10.4. The summed E-state index contributed by atoms with van der Waals surface area (Å²) in [6.07, 6.45) is 7.25. The molecule has 4 aliphatic heterocycles. The first-order valence-corrected chi connectivity index (χ1v) is 10.4. The Kier molecular flexibility index (Phi) is 5.32. The number of rotatable bonds is 4. The average molecular weight is 357 g/mol. The molecule has 4 nitrogen and oxygen atoms in total. The minimum absolute atomic E-state index is 0.0515. The number of likely N-dealkylation sites (tertiary alicyclic amines) is 1. The third kappa shape index (κ3) is 3.41. The summed E-state index contributed by atoms with van der Waals surface area (Å²) >= 11 is 0. The van der Waals surface area contributed by atoms with E-state index in [9.17, 15) is 4.79 Å². The monoisotopic (exact) mass is 356 g/mol. The highest BCUT2D eigenvalue weighted by molar-refractivity contribution is 5.82. The molecule has 26 heavy (non-hydrogen) atoms. The summed E-state index contributed by atoms with van der Waals surface area (Å²) in [4.78, 5) is 18.4.